The van der Waals surface area contributed by atoms with Gasteiger partial charge in [-0.1, -0.05) is 12.1 Å². The summed E-state index contributed by atoms with van der Waals surface area (Å²) in [5, 5.41) is 8.92. The van der Waals surface area contributed by atoms with E-state index >= 15 is 0 Å². The van der Waals surface area contributed by atoms with Gasteiger partial charge in [-0.05, 0) is 29.8 Å². The van der Waals surface area contributed by atoms with E-state index < -0.39 is 5.97 Å². The van der Waals surface area contributed by atoms with E-state index in [0.29, 0.717) is 4.88 Å². The maximum absolute atomic E-state index is 13.0. The van der Waals surface area contributed by atoms with Crippen molar-refractivity contribution in [3.63, 3.8) is 0 Å². The monoisotopic (exact) mass is 337 g/mol. The molecule has 122 valence electrons. The SMILES string of the molecule is COCCN(CC(=O)O)C(=O)c1ccc(-c2ccc(F)cc2)s1. The number of rotatable bonds is 7. The Hall–Kier alpha value is -2.25. The molecule has 0 radical (unpaired) electrons. The number of carboxylic acids is 1. The highest BCUT2D eigenvalue weighted by Gasteiger charge is 2.20. The number of aliphatic carboxylic acids is 1. The summed E-state index contributed by atoms with van der Waals surface area (Å²) in [7, 11) is 1.49. The third-order valence-electron chi connectivity index (χ3n) is 3.12. The molecule has 1 N–H and O–H groups in total. The molecule has 0 spiro atoms. The first-order valence-corrected chi connectivity index (χ1v) is 7.68. The molecule has 1 aromatic carbocycles. The predicted molar refractivity (Wildman–Crippen MR) is 85.1 cm³/mol. The molecule has 0 aliphatic rings. The smallest absolute Gasteiger partial charge is 0.323 e. The van der Waals surface area contributed by atoms with Crippen molar-refractivity contribution in [3.8, 4) is 10.4 Å². The van der Waals surface area contributed by atoms with E-state index in [2.05, 4.69) is 0 Å². The highest BCUT2D eigenvalue weighted by Crippen LogP contribution is 2.29. The van der Waals surface area contributed by atoms with Crippen LogP contribution in [0.2, 0.25) is 0 Å². The molecule has 0 unspecified atom stereocenters. The lowest BCUT2D eigenvalue weighted by Crippen LogP contribution is -2.37. The van der Waals surface area contributed by atoms with Gasteiger partial charge in [0.2, 0.25) is 0 Å². The molecule has 1 heterocycles. The van der Waals surface area contributed by atoms with Crippen LogP contribution in [0.3, 0.4) is 0 Å². The van der Waals surface area contributed by atoms with E-state index in [4.69, 9.17) is 9.84 Å². The first kappa shape index (κ1) is 17.1. The lowest BCUT2D eigenvalue weighted by atomic mass is 10.2. The Morgan fingerprint density at radius 3 is 2.52 bits per heavy atom. The number of amides is 1. The summed E-state index contributed by atoms with van der Waals surface area (Å²) in [6.07, 6.45) is 0. The molecule has 23 heavy (non-hydrogen) atoms. The molecule has 0 saturated heterocycles. The molecule has 1 amide bonds. The summed E-state index contributed by atoms with van der Waals surface area (Å²) < 4.78 is 17.9. The van der Waals surface area contributed by atoms with Crippen molar-refractivity contribution >= 4 is 23.2 Å². The van der Waals surface area contributed by atoms with Gasteiger partial charge in [-0.15, -0.1) is 11.3 Å². The first-order valence-electron chi connectivity index (χ1n) is 6.87. The zero-order chi connectivity index (χ0) is 16.8. The zero-order valence-electron chi connectivity index (χ0n) is 12.5. The van der Waals surface area contributed by atoms with E-state index in [0.717, 1.165) is 10.4 Å². The third kappa shape index (κ3) is 4.61. The molecule has 2 aromatic rings. The highest BCUT2D eigenvalue weighted by atomic mass is 32.1. The minimum absolute atomic E-state index is 0.200. The van der Waals surface area contributed by atoms with Crippen LogP contribution in [0, 0.1) is 5.82 Å². The van der Waals surface area contributed by atoms with Crippen molar-refractivity contribution < 1.29 is 23.8 Å². The Labute approximate surface area is 136 Å². The van der Waals surface area contributed by atoms with Gasteiger partial charge in [0.25, 0.3) is 5.91 Å². The summed E-state index contributed by atoms with van der Waals surface area (Å²) in [6.45, 7) is 0.0760. The zero-order valence-corrected chi connectivity index (χ0v) is 13.3. The van der Waals surface area contributed by atoms with Gasteiger partial charge in [0.05, 0.1) is 11.5 Å². The average Bonchev–Trinajstić information content (AvgIpc) is 3.01. The summed E-state index contributed by atoms with van der Waals surface area (Å²) in [6, 6.07) is 9.39. The number of carboxylic acid groups (broad SMARTS) is 1. The van der Waals surface area contributed by atoms with Gasteiger partial charge in [0.1, 0.15) is 12.4 Å². The number of benzene rings is 1. The predicted octanol–water partition coefficient (Wildman–Crippen LogP) is 2.73. The van der Waals surface area contributed by atoms with Crippen LogP contribution in [0.5, 0.6) is 0 Å². The summed E-state index contributed by atoms with van der Waals surface area (Å²) in [5.74, 6) is -1.76. The fourth-order valence-corrected chi connectivity index (χ4v) is 2.97. The maximum Gasteiger partial charge on any atom is 0.323 e. The molecule has 0 saturated carbocycles. The van der Waals surface area contributed by atoms with Crippen LogP contribution >= 0.6 is 11.3 Å². The van der Waals surface area contributed by atoms with E-state index in [-0.39, 0.29) is 31.4 Å². The fraction of sp³-hybridized carbons (Fsp3) is 0.250. The molecule has 7 heteroatoms. The topological polar surface area (TPSA) is 66.8 Å². The van der Waals surface area contributed by atoms with Crippen molar-refractivity contribution in [2.24, 2.45) is 0 Å². The minimum Gasteiger partial charge on any atom is -0.480 e. The van der Waals surface area contributed by atoms with Crippen molar-refractivity contribution in [1.82, 2.24) is 4.90 Å². The van der Waals surface area contributed by atoms with Gasteiger partial charge in [0, 0.05) is 18.5 Å². The Bertz CT molecular complexity index is 684. The second kappa shape index (κ2) is 7.85. The second-order valence-electron chi connectivity index (χ2n) is 4.78. The third-order valence-corrected chi connectivity index (χ3v) is 4.25. The number of carbonyl (C=O) groups excluding carboxylic acids is 1. The van der Waals surface area contributed by atoms with Crippen molar-refractivity contribution in [2.75, 3.05) is 26.8 Å². The van der Waals surface area contributed by atoms with Gasteiger partial charge < -0.3 is 14.7 Å². The number of halogens is 1. The number of hydrogen-bond acceptors (Lipinski definition) is 4. The maximum atomic E-state index is 13.0. The standard InChI is InChI=1S/C16H16FNO4S/c1-22-9-8-18(10-15(19)20)16(21)14-7-6-13(23-14)11-2-4-12(17)5-3-11/h2-7H,8-10H2,1H3,(H,19,20). The first-order chi connectivity index (χ1) is 11.0. The fourth-order valence-electron chi connectivity index (χ4n) is 2.00. The van der Waals surface area contributed by atoms with Gasteiger partial charge in [-0.2, -0.15) is 0 Å². The number of methoxy groups -OCH3 is 1. The normalized spacial score (nSPS) is 10.5. The van der Waals surface area contributed by atoms with Crippen LogP contribution in [-0.4, -0.2) is 48.7 Å². The molecular weight excluding hydrogens is 321 g/mol. The van der Waals surface area contributed by atoms with Crippen LogP contribution in [0.25, 0.3) is 10.4 Å². The Balaban J connectivity index is 2.17. The highest BCUT2D eigenvalue weighted by molar-refractivity contribution is 7.17. The van der Waals surface area contributed by atoms with Gasteiger partial charge in [-0.25, -0.2) is 4.39 Å². The molecular formula is C16H16FNO4S. The molecule has 0 fully saturated rings. The molecule has 5 nitrogen and oxygen atoms in total. The van der Waals surface area contributed by atoms with Crippen LogP contribution in [-0.2, 0) is 9.53 Å². The minimum atomic E-state index is -1.08. The number of nitrogens with zero attached hydrogens (tertiary/aromatic N) is 1. The number of thiophene rings is 1. The van der Waals surface area contributed by atoms with Gasteiger partial charge in [-0.3, -0.25) is 9.59 Å². The number of carbonyl (C=O) groups is 2. The Kier molecular flexibility index (Phi) is 5.84. The molecule has 0 atom stereocenters. The largest absolute Gasteiger partial charge is 0.480 e. The van der Waals surface area contributed by atoms with Crippen molar-refractivity contribution in [1.29, 1.82) is 0 Å². The van der Waals surface area contributed by atoms with Crippen molar-refractivity contribution in [2.45, 2.75) is 0 Å². The average molecular weight is 337 g/mol. The molecule has 0 aliphatic carbocycles. The van der Waals surface area contributed by atoms with Crippen LogP contribution < -0.4 is 0 Å². The summed E-state index contributed by atoms with van der Waals surface area (Å²) in [4.78, 5) is 25.8. The van der Waals surface area contributed by atoms with Gasteiger partial charge >= 0.3 is 5.97 Å². The Morgan fingerprint density at radius 1 is 1.22 bits per heavy atom. The van der Waals surface area contributed by atoms with Crippen molar-refractivity contribution in [3.05, 3.63) is 47.1 Å². The molecule has 2 rings (SSSR count). The Morgan fingerprint density at radius 2 is 1.91 bits per heavy atom. The number of ether oxygens (including phenoxy) is 1. The number of hydrogen-bond donors (Lipinski definition) is 1. The van der Waals surface area contributed by atoms with Crippen LogP contribution in [0.4, 0.5) is 4.39 Å². The second-order valence-corrected chi connectivity index (χ2v) is 5.87. The van der Waals surface area contributed by atoms with E-state index in [9.17, 15) is 14.0 Å². The van der Waals surface area contributed by atoms with E-state index in [1.165, 1.54) is 35.5 Å². The summed E-state index contributed by atoms with van der Waals surface area (Å²) in [5.41, 5.74) is 0.803. The molecule has 1 aromatic heterocycles. The van der Waals surface area contributed by atoms with E-state index in [1.54, 1.807) is 24.3 Å². The summed E-state index contributed by atoms with van der Waals surface area (Å²) >= 11 is 1.24. The van der Waals surface area contributed by atoms with E-state index in [1.807, 2.05) is 0 Å². The lowest BCUT2D eigenvalue weighted by Gasteiger charge is -2.19. The molecule has 0 bridgehead atoms. The lowest BCUT2D eigenvalue weighted by molar-refractivity contribution is -0.137. The quantitative estimate of drug-likeness (QED) is 0.844. The van der Waals surface area contributed by atoms with Gasteiger partial charge in [0.15, 0.2) is 0 Å². The molecule has 0 aliphatic heterocycles. The van der Waals surface area contributed by atoms with Crippen LogP contribution in [0.1, 0.15) is 9.67 Å². The van der Waals surface area contributed by atoms with Crippen LogP contribution in [0.15, 0.2) is 36.4 Å².